The maximum atomic E-state index is 11.5. The first-order valence-electron chi connectivity index (χ1n) is 11.3. The fourth-order valence-corrected chi connectivity index (χ4v) is 4.66. The highest BCUT2D eigenvalue weighted by molar-refractivity contribution is 7.46. The first kappa shape index (κ1) is 32.0. The monoisotopic (exact) mass is 584 g/mol. The highest BCUT2D eigenvalue weighted by Crippen LogP contribution is 2.42. The summed E-state index contributed by atoms with van der Waals surface area (Å²) < 4.78 is 42.5. The number of aliphatic hydroxyl groups is 10. The fraction of sp³-hybridized carbons (Fsp3) is 1.00. The van der Waals surface area contributed by atoms with E-state index in [1.54, 1.807) is 0 Å². The van der Waals surface area contributed by atoms with Gasteiger partial charge in [0.05, 0.1) is 19.8 Å². The summed E-state index contributed by atoms with van der Waals surface area (Å²) in [5, 5.41) is 100. The van der Waals surface area contributed by atoms with E-state index in [0.29, 0.717) is 0 Å². The van der Waals surface area contributed by atoms with Gasteiger partial charge in [-0.1, -0.05) is 0 Å². The maximum Gasteiger partial charge on any atom is 0.472 e. The molecule has 19 nitrogen and oxygen atoms in total. The lowest BCUT2D eigenvalue weighted by Crippen LogP contribution is -2.67. The van der Waals surface area contributed by atoms with Crippen LogP contribution in [0.25, 0.3) is 0 Å². The number of aliphatic hydroxyl groups excluding tert-OH is 10. The number of hydrogen-bond acceptors (Lipinski definition) is 17. The Hall–Kier alpha value is -0.490. The molecule has 3 aliphatic heterocycles. The smallest absolute Gasteiger partial charge is 0.394 e. The predicted octanol–water partition coefficient (Wildman–Crippen LogP) is -7.46. The zero-order valence-corrected chi connectivity index (χ0v) is 20.3. The second-order valence-electron chi connectivity index (χ2n) is 8.91. The summed E-state index contributed by atoms with van der Waals surface area (Å²) in [5.41, 5.74) is 0. The molecular formula is C18H33O19P. The van der Waals surface area contributed by atoms with E-state index in [0.717, 1.165) is 0 Å². The SMILES string of the molecule is O=P(O)(O)O[C@H]1O[C@H](CO)[C@@H](O)[C@H](O)[C@@H]1OC1O[C@H](CO)[C@@H](O)[C@H](O)[C@@H]1OC1O[C@H](CO)[C@@H](O)[C@H](O)[C@@H]1O. The van der Waals surface area contributed by atoms with Gasteiger partial charge in [0.25, 0.3) is 0 Å². The molecule has 0 aromatic rings. The van der Waals surface area contributed by atoms with Crippen molar-refractivity contribution in [3.05, 3.63) is 0 Å². The van der Waals surface area contributed by atoms with Crippen LogP contribution in [0.4, 0.5) is 0 Å². The summed E-state index contributed by atoms with van der Waals surface area (Å²) in [6.45, 7) is -2.64. The van der Waals surface area contributed by atoms with Crippen LogP contribution >= 0.6 is 7.82 Å². The van der Waals surface area contributed by atoms with Gasteiger partial charge in [0.2, 0.25) is 0 Å². The molecule has 12 N–H and O–H groups in total. The van der Waals surface area contributed by atoms with Gasteiger partial charge in [-0.15, -0.1) is 0 Å². The Kier molecular flexibility index (Phi) is 11.0. The molecule has 3 aliphatic rings. The summed E-state index contributed by atoms with van der Waals surface area (Å²) in [4.78, 5) is 18.5. The van der Waals surface area contributed by atoms with Gasteiger partial charge in [-0.2, -0.15) is 0 Å². The van der Waals surface area contributed by atoms with Crippen molar-refractivity contribution in [1.29, 1.82) is 0 Å². The van der Waals surface area contributed by atoms with Crippen molar-refractivity contribution < 1.29 is 93.6 Å². The molecule has 38 heavy (non-hydrogen) atoms. The summed E-state index contributed by atoms with van der Waals surface area (Å²) >= 11 is 0. The van der Waals surface area contributed by atoms with Crippen LogP contribution in [0, 0.1) is 0 Å². The topological polar surface area (TPSA) is 315 Å². The zero-order valence-electron chi connectivity index (χ0n) is 19.5. The van der Waals surface area contributed by atoms with Gasteiger partial charge in [-0.3, -0.25) is 4.52 Å². The van der Waals surface area contributed by atoms with Gasteiger partial charge in [0.1, 0.15) is 73.2 Å². The molecule has 0 aromatic carbocycles. The zero-order chi connectivity index (χ0) is 28.5. The van der Waals surface area contributed by atoms with E-state index < -0.39 is 120 Å². The third-order valence-corrected chi connectivity index (χ3v) is 6.80. The Morgan fingerprint density at radius 3 is 1.34 bits per heavy atom. The molecule has 0 aliphatic carbocycles. The Balaban J connectivity index is 1.89. The van der Waals surface area contributed by atoms with E-state index >= 15 is 0 Å². The van der Waals surface area contributed by atoms with E-state index in [2.05, 4.69) is 4.52 Å². The van der Waals surface area contributed by atoms with E-state index in [1.807, 2.05) is 0 Å². The lowest BCUT2D eigenvalue weighted by molar-refractivity contribution is -0.389. The van der Waals surface area contributed by atoms with Crippen molar-refractivity contribution >= 4 is 7.82 Å². The molecule has 0 bridgehead atoms. The van der Waals surface area contributed by atoms with Crippen molar-refractivity contribution in [3.63, 3.8) is 0 Å². The molecule has 20 heteroatoms. The molecule has 2 unspecified atom stereocenters. The van der Waals surface area contributed by atoms with Crippen LogP contribution in [0.3, 0.4) is 0 Å². The molecule has 3 rings (SSSR count). The van der Waals surface area contributed by atoms with E-state index in [4.69, 9.17) is 23.7 Å². The number of hydrogen-bond donors (Lipinski definition) is 12. The van der Waals surface area contributed by atoms with E-state index in [1.165, 1.54) is 0 Å². The number of ether oxygens (including phenoxy) is 5. The quantitative estimate of drug-likeness (QED) is 0.112. The molecule has 15 atom stereocenters. The molecule has 3 fully saturated rings. The van der Waals surface area contributed by atoms with Crippen LogP contribution in [0.15, 0.2) is 0 Å². The van der Waals surface area contributed by atoms with Crippen LogP contribution in [-0.4, -0.2) is 173 Å². The van der Waals surface area contributed by atoms with Crippen molar-refractivity contribution in [2.24, 2.45) is 0 Å². The van der Waals surface area contributed by atoms with Gasteiger partial charge < -0.3 is 84.5 Å². The van der Waals surface area contributed by atoms with E-state index in [-0.39, 0.29) is 0 Å². The van der Waals surface area contributed by atoms with Gasteiger partial charge >= 0.3 is 7.82 Å². The number of phosphoric ester groups is 1. The maximum absolute atomic E-state index is 11.5. The highest BCUT2D eigenvalue weighted by atomic mass is 31.2. The highest BCUT2D eigenvalue weighted by Gasteiger charge is 2.54. The molecule has 0 saturated carbocycles. The van der Waals surface area contributed by atoms with Crippen LogP contribution in [0.1, 0.15) is 0 Å². The van der Waals surface area contributed by atoms with E-state index in [9.17, 15) is 65.4 Å². The first-order valence-corrected chi connectivity index (χ1v) is 12.9. The standard InChI is InChI=1S/C18H33O19P/c19-1-4-7(22)10(25)13(28)16(32-4)35-14-11(26)8(23)5(2-20)33-17(14)36-15-12(27)9(24)6(3-21)34-18(15)37-38(29,30)31/h4-28H,1-3H2,(H2,29,30,31)/t4-,5-,6-,7-,8-,9-,10+,11+,12+,13+,14+,15+,16?,17?,18-/m1/s1. The average Bonchev–Trinajstić information content (AvgIpc) is 2.86. The Bertz CT molecular complexity index is 798. The molecule has 0 amide bonds. The summed E-state index contributed by atoms with van der Waals surface area (Å²) in [6, 6.07) is 0. The molecular weight excluding hydrogens is 551 g/mol. The molecule has 0 spiro atoms. The molecule has 3 heterocycles. The van der Waals surface area contributed by atoms with Crippen LogP contribution in [0.2, 0.25) is 0 Å². The number of rotatable bonds is 9. The Morgan fingerprint density at radius 2 is 0.895 bits per heavy atom. The minimum absolute atomic E-state index is 0.833. The third kappa shape index (κ3) is 6.86. The van der Waals surface area contributed by atoms with Gasteiger partial charge in [-0.25, -0.2) is 4.57 Å². The molecule has 0 radical (unpaired) electrons. The summed E-state index contributed by atoms with van der Waals surface area (Å²) in [6.07, 6.45) is -28.0. The molecule has 0 aromatic heterocycles. The normalized spacial score (nSPS) is 48.7. The number of phosphoric acid groups is 1. The second-order valence-corrected chi connectivity index (χ2v) is 10.1. The minimum Gasteiger partial charge on any atom is -0.394 e. The lowest BCUT2D eigenvalue weighted by atomic mass is 9.96. The average molecular weight is 584 g/mol. The van der Waals surface area contributed by atoms with Crippen molar-refractivity contribution in [1.82, 2.24) is 0 Å². The summed E-state index contributed by atoms with van der Waals surface area (Å²) in [5.74, 6) is 0. The first-order chi connectivity index (χ1) is 17.7. The van der Waals surface area contributed by atoms with Crippen molar-refractivity contribution in [2.45, 2.75) is 92.1 Å². The van der Waals surface area contributed by atoms with Crippen molar-refractivity contribution in [3.8, 4) is 0 Å². The van der Waals surface area contributed by atoms with Gasteiger partial charge in [0, 0.05) is 0 Å². The van der Waals surface area contributed by atoms with Crippen LogP contribution in [-0.2, 0) is 32.8 Å². The fourth-order valence-electron chi connectivity index (χ4n) is 4.22. The Morgan fingerprint density at radius 1 is 0.526 bits per heavy atom. The molecule has 3 saturated heterocycles. The summed E-state index contributed by atoms with van der Waals surface area (Å²) in [7, 11) is -5.33. The second kappa shape index (κ2) is 13.0. The van der Waals surface area contributed by atoms with Gasteiger partial charge in [-0.05, 0) is 0 Å². The Labute approximate surface area is 214 Å². The minimum atomic E-state index is -5.33. The molecule has 224 valence electrons. The van der Waals surface area contributed by atoms with Crippen molar-refractivity contribution in [2.75, 3.05) is 19.8 Å². The third-order valence-electron chi connectivity index (χ3n) is 6.32. The lowest BCUT2D eigenvalue weighted by Gasteiger charge is -2.48. The van der Waals surface area contributed by atoms with Crippen LogP contribution in [0.5, 0.6) is 0 Å². The predicted molar refractivity (Wildman–Crippen MR) is 112 cm³/mol. The van der Waals surface area contributed by atoms with Gasteiger partial charge in [0.15, 0.2) is 18.9 Å². The largest absolute Gasteiger partial charge is 0.472 e. The van der Waals surface area contributed by atoms with Crippen LogP contribution < -0.4 is 0 Å².